The SMILES string of the molecule is CN1CC[C@H](ONC(=O)[C@@H]2CC[C@@H]3CN2C(=O)N3OS(=O)(=O)O)C1. The molecule has 2 bridgehead atoms. The van der Waals surface area contributed by atoms with Crippen LogP contribution in [-0.4, -0.2) is 84.6 Å². The summed E-state index contributed by atoms with van der Waals surface area (Å²) >= 11 is 0. The van der Waals surface area contributed by atoms with Crippen LogP contribution in [0.5, 0.6) is 0 Å². The Kier molecular flexibility index (Phi) is 4.66. The van der Waals surface area contributed by atoms with E-state index in [4.69, 9.17) is 9.39 Å². The lowest BCUT2D eigenvalue weighted by Crippen LogP contribution is -2.50. The maximum Gasteiger partial charge on any atom is 0.418 e. The van der Waals surface area contributed by atoms with Gasteiger partial charge < -0.3 is 9.80 Å². The van der Waals surface area contributed by atoms with Crippen molar-refractivity contribution in [2.45, 2.75) is 37.5 Å². The van der Waals surface area contributed by atoms with Crippen molar-refractivity contribution >= 4 is 22.3 Å². The van der Waals surface area contributed by atoms with Crippen molar-refractivity contribution in [2.24, 2.45) is 0 Å². The number of nitrogens with one attached hydrogen (secondary N) is 1. The van der Waals surface area contributed by atoms with Crippen LogP contribution in [0.3, 0.4) is 0 Å². The number of likely N-dealkylation sites (N-methyl/N-ethyl adjacent to an activating group) is 1. The molecule has 2 N–H and O–H groups in total. The molecule has 3 saturated heterocycles. The number of nitrogens with zero attached hydrogens (tertiary/aromatic N) is 3. The lowest BCUT2D eigenvalue weighted by molar-refractivity contribution is -0.143. The van der Waals surface area contributed by atoms with Gasteiger partial charge in [0.2, 0.25) is 0 Å². The number of piperidine rings is 1. The van der Waals surface area contributed by atoms with Gasteiger partial charge in [-0.2, -0.15) is 13.5 Å². The van der Waals surface area contributed by atoms with E-state index in [-0.39, 0.29) is 12.6 Å². The highest BCUT2D eigenvalue weighted by molar-refractivity contribution is 7.80. The van der Waals surface area contributed by atoms with Crippen LogP contribution >= 0.6 is 0 Å². The highest BCUT2D eigenvalue weighted by Crippen LogP contribution is 2.30. The lowest BCUT2D eigenvalue weighted by atomic mass is 10.0. The van der Waals surface area contributed by atoms with Crippen molar-refractivity contribution in [3.05, 3.63) is 0 Å². The molecule has 12 heteroatoms. The molecule has 136 valence electrons. The zero-order valence-corrected chi connectivity index (χ0v) is 13.9. The molecule has 3 fully saturated rings. The van der Waals surface area contributed by atoms with E-state index in [9.17, 15) is 18.0 Å². The van der Waals surface area contributed by atoms with Crippen LogP contribution in [0.15, 0.2) is 0 Å². The summed E-state index contributed by atoms with van der Waals surface area (Å²) in [5.74, 6) is -0.454. The molecular formula is C12H20N4O7S. The van der Waals surface area contributed by atoms with Crippen LogP contribution in [0.1, 0.15) is 19.3 Å². The number of hydroxylamine groups is 3. The normalized spacial score (nSPS) is 30.9. The Bertz CT molecular complexity index is 627. The number of hydrogen-bond donors (Lipinski definition) is 2. The zero-order valence-electron chi connectivity index (χ0n) is 13.1. The summed E-state index contributed by atoms with van der Waals surface area (Å²) < 4.78 is 34.7. The van der Waals surface area contributed by atoms with Crippen LogP contribution in [0, 0.1) is 0 Å². The summed E-state index contributed by atoms with van der Waals surface area (Å²) in [5, 5.41) is 0.607. The van der Waals surface area contributed by atoms with Gasteiger partial charge in [-0.25, -0.2) is 10.3 Å². The summed E-state index contributed by atoms with van der Waals surface area (Å²) in [6, 6.07) is -2.05. The smallest absolute Gasteiger partial charge is 0.309 e. The van der Waals surface area contributed by atoms with Crippen LogP contribution in [-0.2, 0) is 24.3 Å². The molecule has 11 nitrogen and oxygen atoms in total. The molecule has 3 aliphatic heterocycles. The average Bonchev–Trinajstić information content (AvgIpc) is 3.02. The second-order valence-electron chi connectivity index (χ2n) is 6.27. The van der Waals surface area contributed by atoms with Crippen molar-refractivity contribution in [1.82, 2.24) is 20.3 Å². The van der Waals surface area contributed by atoms with E-state index in [0.29, 0.717) is 24.4 Å². The number of hydrogen-bond acceptors (Lipinski definition) is 7. The summed E-state index contributed by atoms with van der Waals surface area (Å²) in [4.78, 5) is 33.2. The van der Waals surface area contributed by atoms with E-state index in [0.717, 1.165) is 13.0 Å². The van der Waals surface area contributed by atoms with Gasteiger partial charge in [-0.3, -0.25) is 14.2 Å². The van der Waals surface area contributed by atoms with Crippen LogP contribution in [0.4, 0.5) is 4.79 Å². The predicted octanol–water partition coefficient (Wildman–Crippen LogP) is -1.26. The van der Waals surface area contributed by atoms with Crippen molar-refractivity contribution in [2.75, 3.05) is 26.7 Å². The minimum absolute atomic E-state index is 0.0936. The van der Waals surface area contributed by atoms with Crippen LogP contribution in [0.25, 0.3) is 0 Å². The molecule has 3 heterocycles. The van der Waals surface area contributed by atoms with Gasteiger partial charge in [0.25, 0.3) is 5.91 Å². The molecule has 0 spiro atoms. The molecule has 0 aliphatic carbocycles. The maximum atomic E-state index is 12.3. The number of likely N-dealkylation sites (tertiary alicyclic amines) is 1. The molecule has 0 unspecified atom stereocenters. The van der Waals surface area contributed by atoms with E-state index >= 15 is 0 Å². The molecule has 0 aromatic heterocycles. The van der Waals surface area contributed by atoms with Crippen molar-refractivity contribution in [1.29, 1.82) is 0 Å². The molecule has 3 aliphatic rings. The third kappa shape index (κ3) is 3.62. The molecule has 3 rings (SSSR count). The van der Waals surface area contributed by atoms with Crippen LogP contribution in [0.2, 0.25) is 0 Å². The molecule has 3 atom stereocenters. The van der Waals surface area contributed by atoms with Gasteiger partial charge in [0.05, 0.1) is 12.1 Å². The Labute approximate surface area is 139 Å². The molecule has 0 aromatic carbocycles. The molecule has 3 amide bonds. The second-order valence-corrected chi connectivity index (χ2v) is 7.27. The third-order valence-electron chi connectivity index (χ3n) is 4.47. The Balaban J connectivity index is 1.58. The van der Waals surface area contributed by atoms with Gasteiger partial charge in [-0.15, -0.1) is 4.28 Å². The van der Waals surface area contributed by atoms with Crippen molar-refractivity contribution < 1.29 is 31.7 Å². The summed E-state index contributed by atoms with van der Waals surface area (Å²) in [5.41, 5.74) is 2.39. The number of amides is 3. The molecule has 0 aromatic rings. The maximum absolute atomic E-state index is 12.3. The first kappa shape index (κ1) is 17.4. The predicted molar refractivity (Wildman–Crippen MR) is 78.5 cm³/mol. The Morgan fingerprint density at radius 3 is 2.67 bits per heavy atom. The highest BCUT2D eigenvalue weighted by atomic mass is 32.3. The Morgan fingerprint density at radius 1 is 1.29 bits per heavy atom. The second kappa shape index (κ2) is 6.44. The fraction of sp³-hybridized carbons (Fsp3) is 0.833. The highest BCUT2D eigenvalue weighted by Gasteiger charge is 2.49. The third-order valence-corrected chi connectivity index (χ3v) is 4.82. The minimum Gasteiger partial charge on any atom is -0.309 e. The van der Waals surface area contributed by atoms with E-state index < -0.39 is 34.4 Å². The zero-order chi connectivity index (χ0) is 17.5. The topological polar surface area (TPSA) is 129 Å². The largest absolute Gasteiger partial charge is 0.418 e. The van der Waals surface area contributed by atoms with E-state index in [1.807, 2.05) is 7.05 Å². The monoisotopic (exact) mass is 364 g/mol. The molecular weight excluding hydrogens is 344 g/mol. The van der Waals surface area contributed by atoms with Gasteiger partial charge in [0.15, 0.2) is 0 Å². The molecule has 24 heavy (non-hydrogen) atoms. The lowest BCUT2D eigenvalue weighted by Gasteiger charge is -2.29. The Hall–Kier alpha value is -1.47. The summed E-state index contributed by atoms with van der Waals surface area (Å²) in [6.45, 7) is 1.75. The fourth-order valence-corrected chi connectivity index (χ4v) is 3.69. The van der Waals surface area contributed by atoms with E-state index in [1.54, 1.807) is 0 Å². The molecule has 0 radical (unpaired) electrons. The first-order valence-corrected chi connectivity index (χ1v) is 9.02. The first-order valence-electron chi connectivity index (χ1n) is 7.65. The standard InChI is InChI=1S/C12H20N4O7S/c1-14-5-4-9(7-14)22-13-11(17)10-3-2-8-6-15(10)12(18)16(8)23-24(19,20)21/h8-10H,2-7H2,1H3,(H,13,17)(H,19,20,21)/t8-,9+,10+/m1/s1. The number of rotatable bonds is 5. The summed E-state index contributed by atoms with van der Waals surface area (Å²) in [7, 11) is -2.84. The number of carbonyl (C=O) groups excluding carboxylic acids is 2. The summed E-state index contributed by atoms with van der Waals surface area (Å²) in [6.07, 6.45) is 1.44. The number of urea groups is 1. The Morgan fingerprint density at radius 2 is 2.04 bits per heavy atom. The van der Waals surface area contributed by atoms with E-state index in [1.165, 1.54) is 4.90 Å². The van der Waals surface area contributed by atoms with Gasteiger partial charge in [0, 0.05) is 19.6 Å². The quantitative estimate of drug-likeness (QED) is 0.457. The molecule has 0 saturated carbocycles. The first-order chi connectivity index (χ1) is 11.2. The van der Waals surface area contributed by atoms with Crippen LogP contribution < -0.4 is 5.48 Å². The number of carbonyl (C=O) groups is 2. The van der Waals surface area contributed by atoms with Gasteiger partial charge in [0.1, 0.15) is 6.04 Å². The number of fused-ring (bicyclic) bond motifs is 2. The van der Waals surface area contributed by atoms with Gasteiger partial charge in [-0.1, -0.05) is 0 Å². The van der Waals surface area contributed by atoms with Crippen molar-refractivity contribution in [3.8, 4) is 0 Å². The average molecular weight is 364 g/mol. The minimum atomic E-state index is -4.79. The fourth-order valence-electron chi connectivity index (χ4n) is 3.30. The van der Waals surface area contributed by atoms with Gasteiger partial charge in [-0.05, 0) is 26.3 Å². The van der Waals surface area contributed by atoms with Crippen molar-refractivity contribution in [3.63, 3.8) is 0 Å². The van der Waals surface area contributed by atoms with E-state index in [2.05, 4.69) is 14.7 Å². The van der Waals surface area contributed by atoms with Gasteiger partial charge >= 0.3 is 16.4 Å².